The fourth-order valence-electron chi connectivity index (χ4n) is 1.95. The van der Waals surface area contributed by atoms with Gasteiger partial charge in [0.1, 0.15) is 0 Å². The smallest absolute Gasteiger partial charge is 0.203 e. The molecule has 2 rings (SSSR count). The van der Waals surface area contributed by atoms with E-state index < -0.39 is 0 Å². The zero-order chi connectivity index (χ0) is 13.7. The van der Waals surface area contributed by atoms with E-state index in [0.29, 0.717) is 17.2 Å². The Hall–Kier alpha value is -1.62. The molecule has 19 heavy (non-hydrogen) atoms. The summed E-state index contributed by atoms with van der Waals surface area (Å²) in [6, 6.07) is 4.57. The summed E-state index contributed by atoms with van der Waals surface area (Å²) in [5.74, 6) is 1.95. The van der Waals surface area contributed by atoms with E-state index in [4.69, 9.17) is 14.2 Å². The van der Waals surface area contributed by atoms with Crippen LogP contribution >= 0.6 is 0 Å². The molecule has 0 unspecified atom stereocenters. The molecule has 0 saturated heterocycles. The third-order valence-corrected chi connectivity index (χ3v) is 3.13. The van der Waals surface area contributed by atoms with E-state index in [1.165, 1.54) is 12.8 Å². The first-order valence-corrected chi connectivity index (χ1v) is 6.55. The summed E-state index contributed by atoms with van der Waals surface area (Å²) in [7, 11) is 4.85. The average molecular weight is 266 g/mol. The molecule has 0 aromatic heterocycles. The summed E-state index contributed by atoms with van der Waals surface area (Å²) >= 11 is 0. The van der Waals surface area contributed by atoms with Crippen LogP contribution in [0.1, 0.15) is 12.8 Å². The summed E-state index contributed by atoms with van der Waals surface area (Å²) in [5.41, 5.74) is 0.965. The van der Waals surface area contributed by atoms with Gasteiger partial charge in [0.05, 0.1) is 21.3 Å². The number of benzene rings is 1. The largest absolute Gasteiger partial charge is 0.493 e. The summed E-state index contributed by atoms with van der Waals surface area (Å²) in [5, 5.41) is 6.81. The van der Waals surface area contributed by atoms with E-state index in [2.05, 4.69) is 10.6 Å². The van der Waals surface area contributed by atoms with Crippen molar-refractivity contribution in [3.63, 3.8) is 0 Å². The number of anilines is 1. The van der Waals surface area contributed by atoms with E-state index in [9.17, 15) is 0 Å². The summed E-state index contributed by atoms with van der Waals surface area (Å²) < 4.78 is 15.9. The topological polar surface area (TPSA) is 51.8 Å². The number of ether oxygens (including phenoxy) is 3. The van der Waals surface area contributed by atoms with E-state index in [1.807, 2.05) is 12.1 Å². The Morgan fingerprint density at radius 3 is 2.11 bits per heavy atom. The minimum atomic E-state index is 0.617. The molecule has 0 amide bonds. The fourth-order valence-corrected chi connectivity index (χ4v) is 1.95. The molecule has 1 fully saturated rings. The van der Waals surface area contributed by atoms with Gasteiger partial charge in [-0.05, 0) is 12.8 Å². The standard InChI is InChI=1S/C14H22N2O3/c1-17-12-8-11(9-13(18-2)14(12)19-3)16-7-6-15-10-4-5-10/h8-10,15-16H,4-7H2,1-3H3. The van der Waals surface area contributed by atoms with Gasteiger partial charge in [0, 0.05) is 37.0 Å². The molecule has 0 spiro atoms. The Labute approximate surface area is 114 Å². The van der Waals surface area contributed by atoms with Crippen LogP contribution in [0.3, 0.4) is 0 Å². The zero-order valence-corrected chi connectivity index (χ0v) is 11.8. The number of hydrogen-bond acceptors (Lipinski definition) is 5. The predicted molar refractivity (Wildman–Crippen MR) is 75.6 cm³/mol. The van der Waals surface area contributed by atoms with Gasteiger partial charge < -0.3 is 24.8 Å². The molecule has 1 aromatic rings. The van der Waals surface area contributed by atoms with Crippen LogP contribution in [0.15, 0.2) is 12.1 Å². The van der Waals surface area contributed by atoms with Crippen molar-refractivity contribution < 1.29 is 14.2 Å². The molecule has 1 saturated carbocycles. The van der Waals surface area contributed by atoms with Crippen LogP contribution in [0.4, 0.5) is 5.69 Å². The van der Waals surface area contributed by atoms with E-state index in [0.717, 1.165) is 24.8 Å². The van der Waals surface area contributed by atoms with Crippen LogP contribution in [-0.2, 0) is 0 Å². The van der Waals surface area contributed by atoms with Crippen LogP contribution in [0, 0.1) is 0 Å². The lowest BCUT2D eigenvalue weighted by atomic mass is 10.2. The number of nitrogens with one attached hydrogen (secondary N) is 2. The second kappa shape index (κ2) is 6.52. The van der Waals surface area contributed by atoms with Crippen LogP contribution in [0.5, 0.6) is 17.2 Å². The lowest BCUT2D eigenvalue weighted by molar-refractivity contribution is 0.324. The first-order valence-electron chi connectivity index (χ1n) is 6.55. The summed E-state index contributed by atoms with van der Waals surface area (Å²) in [6.07, 6.45) is 2.62. The van der Waals surface area contributed by atoms with E-state index in [-0.39, 0.29) is 0 Å². The second-order valence-electron chi connectivity index (χ2n) is 4.57. The maximum atomic E-state index is 5.31. The molecule has 0 radical (unpaired) electrons. The molecule has 0 bridgehead atoms. The van der Waals surface area contributed by atoms with Crippen molar-refractivity contribution in [2.24, 2.45) is 0 Å². The average Bonchev–Trinajstić information content (AvgIpc) is 3.26. The van der Waals surface area contributed by atoms with Gasteiger partial charge in [-0.25, -0.2) is 0 Å². The molecule has 1 aromatic carbocycles. The molecule has 2 N–H and O–H groups in total. The lowest BCUT2D eigenvalue weighted by Gasteiger charge is -2.15. The molecule has 1 aliphatic carbocycles. The molecule has 0 atom stereocenters. The van der Waals surface area contributed by atoms with Crippen molar-refractivity contribution in [3.8, 4) is 17.2 Å². The highest BCUT2D eigenvalue weighted by Crippen LogP contribution is 2.39. The minimum absolute atomic E-state index is 0.617. The van der Waals surface area contributed by atoms with Crippen molar-refractivity contribution >= 4 is 5.69 Å². The molecule has 0 heterocycles. The van der Waals surface area contributed by atoms with Crippen LogP contribution in [0.2, 0.25) is 0 Å². The summed E-state index contributed by atoms with van der Waals surface area (Å²) in [6.45, 7) is 1.83. The van der Waals surface area contributed by atoms with Crippen LogP contribution in [0.25, 0.3) is 0 Å². The van der Waals surface area contributed by atoms with Crippen LogP contribution < -0.4 is 24.8 Å². The van der Waals surface area contributed by atoms with Gasteiger partial charge in [0.25, 0.3) is 0 Å². The Bertz CT molecular complexity index is 394. The first kappa shape index (κ1) is 13.8. The van der Waals surface area contributed by atoms with E-state index >= 15 is 0 Å². The van der Waals surface area contributed by atoms with Gasteiger partial charge in [-0.1, -0.05) is 0 Å². The minimum Gasteiger partial charge on any atom is -0.493 e. The van der Waals surface area contributed by atoms with Crippen LogP contribution in [-0.4, -0.2) is 40.5 Å². The second-order valence-corrected chi connectivity index (χ2v) is 4.57. The van der Waals surface area contributed by atoms with Gasteiger partial charge >= 0.3 is 0 Å². The molecule has 1 aliphatic rings. The van der Waals surface area contributed by atoms with E-state index in [1.54, 1.807) is 21.3 Å². The quantitative estimate of drug-likeness (QED) is 0.704. The molecule has 0 aliphatic heterocycles. The highest BCUT2D eigenvalue weighted by molar-refractivity contribution is 5.62. The van der Waals surface area contributed by atoms with Crippen molar-refractivity contribution in [2.75, 3.05) is 39.7 Å². The molecule has 5 heteroatoms. The third kappa shape index (κ3) is 3.67. The number of methoxy groups -OCH3 is 3. The highest BCUT2D eigenvalue weighted by Gasteiger charge is 2.19. The lowest BCUT2D eigenvalue weighted by Crippen LogP contribution is -2.23. The normalized spacial score (nSPS) is 14.1. The highest BCUT2D eigenvalue weighted by atomic mass is 16.5. The molecular formula is C14H22N2O3. The van der Waals surface area contributed by atoms with Crippen molar-refractivity contribution in [1.29, 1.82) is 0 Å². The van der Waals surface area contributed by atoms with Gasteiger partial charge in [0.15, 0.2) is 11.5 Å². The predicted octanol–water partition coefficient (Wildman–Crippen LogP) is 1.88. The maximum absolute atomic E-state index is 5.31. The number of rotatable bonds is 8. The first-order chi connectivity index (χ1) is 9.28. The van der Waals surface area contributed by atoms with Gasteiger partial charge in [-0.2, -0.15) is 0 Å². The molecular weight excluding hydrogens is 244 g/mol. The van der Waals surface area contributed by atoms with Gasteiger partial charge in [-0.15, -0.1) is 0 Å². The zero-order valence-electron chi connectivity index (χ0n) is 11.8. The van der Waals surface area contributed by atoms with Gasteiger partial charge in [-0.3, -0.25) is 0 Å². The Kier molecular flexibility index (Phi) is 4.74. The molecule has 5 nitrogen and oxygen atoms in total. The number of hydrogen-bond donors (Lipinski definition) is 2. The monoisotopic (exact) mass is 266 g/mol. The fraction of sp³-hybridized carbons (Fsp3) is 0.571. The molecule has 106 valence electrons. The van der Waals surface area contributed by atoms with Crippen molar-refractivity contribution in [3.05, 3.63) is 12.1 Å². The third-order valence-electron chi connectivity index (χ3n) is 3.13. The maximum Gasteiger partial charge on any atom is 0.203 e. The Balaban J connectivity index is 1.98. The van der Waals surface area contributed by atoms with Gasteiger partial charge in [0.2, 0.25) is 5.75 Å². The summed E-state index contributed by atoms with van der Waals surface area (Å²) in [4.78, 5) is 0. The Morgan fingerprint density at radius 1 is 1.00 bits per heavy atom. The van der Waals surface area contributed by atoms with Crippen molar-refractivity contribution in [2.45, 2.75) is 18.9 Å². The Morgan fingerprint density at radius 2 is 1.63 bits per heavy atom. The van der Waals surface area contributed by atoms with Crippen molar-refractivity contribution in [1.82, 2.24) is 5.32 Å². The SMILES string of the molecule is COc1cc(NCCNC2CC2)cc(OC)c1OC.